The fraction of sp³-hybridized carbons (Fsp3) is 0.235. The highest BCUT2D eigenvalue weighted by atomic mass is 16.5. The number of carbonyl (C=O) groups excluding carboxylic acids is 1. The fourth-order valence-corrected chi connectivity index (χ4v) is 2.46. The maximum absolute atomic E-state index is 11.0. The van der Waals surface area contributed by atoms with E-state index < -0.39 is 0 Å². The molecule has 118 valence electrons. The first-order chi connectivity index (χ1) is 11.2. The van der Waals surface area contributed by atoms with E-state index in [9.17, 15) is 4.79 Å². The number of anilines is 1. The number of H-pyrrole nitrogens is 1. The summed E-state index contributed by atoms with van der Waals surface area (Å²) < 4.78 is 5.48. The maximum atomic E-state index is 11.0. The Labute approximate surface area is 134 Å². The minimum atomic E-state index is 0.0410. The predicted octanol–water partition coefficient (Wildman–Crippen LogP) is 2.61. The lowest BCUT2D eigenvalue weighted by Crippen LogP contribution is -2.30. The summed E-state index contributed by atoms with van der Waals surface area (Å²) in [6.45, 7) is 4.50. The van der Waals surface area contributed by atoms with Gasteiger partial charge in [-0.2, -0.15) is 0 Å². The SMILES string of the molecule is CCOc1cc2c([nH]1)NC(=C=O)N=C2NC(C)c1ccccc1. The Morgan fingerprint density at radius 3 is 2.83 bits per heavy atom. The molecule has 6 nitrogen and oxygen atoms in total. The Kier molecular flexibility index (Phi) is 4.17. The molecule has 0 amide bonds. The summed E-state index contributed by atoms with van der Waals surface area (Å²) in [5.74, 6) is 3.83. The quantitative estimate of drug-likeness (QED) is 0.759. The number of rotatable bonds is 4. The average Bonchev–Trinajstić information content (AvgIpc) is 2.98. The van der Waals surface area contributed by atoms with Crippen LogP contribution >= 0.6 is 0 Å². The van der Waals surface area contributed by atoms with E-state index in [1.54, 1.807) is 5.94 Å². The Morgan fingerprint density at radius 2 is 2.13 bits per heavy atom. The van der Waals surface area contributed by atoms with Crippen LogP contribution < -0.4 is 15.4 Å². The summed E-state index contributed by atoms with van der Waals surface area (Å²) >= 11 is 0. The zero-order chi connectivity index (χ0) is 16.2. The lowest BCUT2D eigenvalue weighted by molar-refractivity contribution is 0.329. The van der Waals surface area contributed by atoms with E-state index in [-0.39, 0.29) is 11.9 Å². The minimum absolute atomic E-state index is 0.0410. The predicted molar refractivity (Wildman–Crippen MR) is 89.3 cm³/mol. The third kappa shape index (κ3) is 3.12. The topological polar surface area (TPSA) is 78.5 Å². The van der Waals surface area contributed by atoms with E-state index in [4.69, 9.17) is 4.74 Å². The van der Waals surface area contributed by atoms with E-state index in [1.807, 2.05) is 50.2 Å². The van der Waals surface area contributed by atoms with Crippen molar-refractivity contribution in [2.45, 2.75) is 19.9 Å². The second kappa shape index (κ2) is 6.42. The van der Waals surface area contributed by atoms with Gasteiger partial charge >= 0.3 is 0 Å². The molecule has 0 spiro atoms. The van der Waals surface area contributed by atoms with Crippen molar-refractivity contribution in [3.8, 4) is 5.88 Å². The maximum Gasteiger partial charge on any atom is 0.220 e. The molecule has 1 aliphatic heterocycles. The lowest BCUT2D eigenvalue weighted by atomic mass is 10.1. The number of nitrogens with one attached hydrogen (secondary N) is 3. The van der Waals surface area contributed by atoms with Gasteiger partial charge in [-0.3, -0.25) is 0 Å². The highest BCUT2D eigenvalue weighted by Gasteiger charge is 2.22. The van der Waals surface area contributed by atoms with Gasteiger partial charge in [0.15, 0.2) is 11.8 Å². The van der Waals surface area contributed by atoms with Crippen molar-refractivity contribution in [1.82, 2.24) is 10.3 Å². The number of nitrogens with zero attached hydrogens (tertiary/aromatic N) is 1. The molecule has 1 unspecified atom stereocenters. The molecule has 3 N–H and O–H groups in total. The number of aromatic amines is 1. The summed E-state index contributed by atoms with van der Waals surface area (Å²) in [5.41, 5.74) is 1.96. The molecule has 1 aliphatic rings. The van der Waals surface area contributed by atoms with Gasteiger partial charge in [0.1, 0.15) is 11.7 Å². The molecular formula is C17H18N4O2. The molecule has 0 radical (unpaired) electrons. The van der Waals surface area contributed by atoms with Crippen LogP contribution in [-0.4, -0.2) is 23.4 Å². The van der Waals surface area contributed by atoms with E-state index in [0.717, 1.165) is 11.1 Å². The normalized spacial score (nSPS) is 14.2. The second-order valence-corrected chi connectivity index (χ2v) is 5.17. The summed E-state index contributed by atoms with van der Waals surface area (Å²) in [6, 6.07) is 11.9. The Morgan fingerprint density at radius 1 is 1.35 bits per heavy atom. The van der Waals surface area contributed by atoms with E-state index in [2.05, 4.69) is 20.6 Å². The highest BCUT2D eigenvalue weighted by Crippen LogP contribution is 2.27. The first-order valence-electron chi connectivity index (χ1n) is 7.49. The zero-order valence-electron chi connectivity index (χ0n) is 13.0. The Bertz CT molecular complexity index is 773. The molecule has 2 aromatic rings. The van der Waals surface area contributed by atoms with Gasteiger partial charge in [-0.05, 0) is 19.4 Å². The third-order valence-corrected chi connectivity index (χ3v) is 3.56. The molecule has 2 heterocycles. The average molecular weight is 310 g/mol. The van der Waals surface area contributed by atoms with E-state index >= 15 is 0 Å². The number of hydrogen-bond acceptors (Lipinski definition) is 5. The molecule has 0 aliphatic carbocycles. The number of benzene rings is 1. The molecule has 0 bridgehead atoms. The highest BCUT2D eigenvalue weighted by molar-refractivity contribution is 6.06. The largest absolute Gasteiger partial charge is 0.479 e. The van der Waals surface area contributed by atoms with Gasteiger partial charge in [0.2, 0.25) is 5.82 Å². The number of amidine groups is 1. The van der Waals surface area contributed by atoms with E-state index in [1.165, 1.54) is 0 Å². The van der Waals surface area contributed by atoms with Crippen LogP contribution in [0.25, 0.3) is 0 Å². The molecule has 0 saturated heterocycles. The monoisotopic (exact) mass is 310 g/mol. The lowest BCUT2D eigenvalue weighted by Gasteiger charge is -2.20. The summed E-state index contributed by atoms with van der Waals surface area (Å²) in [7, 11) is 0. The molecule has 0 saturated carbocycles. The van der Waals surface area contributed by atoms with Crippen molar-refractivity contribution in [2.24, 2.45) is 4.99 Å². The molecule has 23 heavy (non-hydrogen) atoms. The smallest absolute Gasteiger partial charge is 0.220 e. The number of hydrogen-bond donors (Lipinski definition) is 3. The number of ether oxygens (including phenoxy) is 1. The van der Waals surface area contributed by atoms with Gasteiger partial charge in [-0.25, -0.2) is 9.79 Å². The first kappa shape index (κ1) is 14.9. The van der Waals surface area contributed by atoms with Crippen molar-refractivity contribution < 1.29 is 9.53 Å². The van der Waals surface area contributed by atoms with E-state index in [0.29, 0.717) is 24.1 Å². The molecule has 6 heteroatoms. The van der Waals surface area contributed by atoms with Crippen LogP contribution in [0.3, 0.4) is 0 Å². The third-order valence-electron chi connectivity index (χ3n) is 3.56. The molecule has 0 fully saturated rings. The van der Waals surface area contributed by atoms with Crippen LogP contribution in [0.4, 0.5) is 5.82 Å². The van der Waals surface area contributed by atoms with Gasteiger partial charge in [0, 0.05) is 12.1 Å². The minimum Gasteiger partial charge on any atom is -0.479 e. The fourth-order valence-electron chi connectivity index (χ4n) is 2.46. The van der Waals surface area contributed by atoms with Crippen LogP contribution in [0.15, 0.2) is 47.2 Å². The number of fused-ring (bicyclic) bond motifs is 1. The van der Waals surface area contributed by atoms with Crippen LogP contribution in [0.1, 0.15) is 31.0 Å². The number of aromatic nitrogens is 1. The molecular weight excluding hydrogens is 292 g/mol. The van der Waals surface area contributed by atoms with Crippen LogP contribution in [0, 0.1) is 0 Å². The molecule has 1 atom stereocenters. The van der Waals surface area contributed by atoms with Gasteiger partial charge in [0.05, 0.1) is 12.2 Å². The van der Waals surface area contributed by atoms with Gasteiger partial charge < -0.3 is 20.4 Å². The molecule has 3 rings (SSSR count). The standard InChI is InChI=1S/C17H18N4O2/c1-3-23-15-9-13-16(19-14(10-22)20-17(13)21-15)18-11(2)12-7-5-4-6-8-12/h4-9,11,20-21H,3H2,1-2H3,(H,18,19). The van der Waals surface area contributed by atoms with Crippen molar-refractivity contribution in [3.05, 3.63) is 53.3 Å². The Balaban J connectivity index is 1.90. The van der Waals surface area contributed by atoms with Crippen molar-refractivity contribution in [3.63, 3.8) is 0 Å². The van der Waals surface area contributed by atoms with Crippen molar-refractivity contribution in [1.29, 1.82) is 0 Å². The zero-order valence-corrected chi connectivity index (χ0v) is 13.0. The summed E-state index contributed by atoms with van der Waals surface area (Å²) in [5, 5.41) is 6.24. The molecule has 1 aromatic heterocycles. The van der Waals surface area contributed by atoms with Gasteiger partial charge in [-0.15, -0.1) is 0 Å². The summed E-state index contributed by atoms with van der Waals surface area (Å²) in [4.78, 5) is 18.4. The summed E-state index contributed by atoms with van der Waals surface area (Å²) in [6.07, 6.45) is 0. The van der Waals surface area contributed by atoms with Crippen LogP contribution in [0.2, 0.25) is 0 Å². The van der Waals surface area contributed by atoms with Crippen LogP contribution in [0.5, 0.6) is 5.88 Å². The van der Waals surface area contributed by atoms with Gasteiger partial charge in [0.25, 0.3) is 0 Å². The Hall–Kier alpha value is -2.98. The first-order valence-corrected chi connectivity index (χ1v) is 7.49. The second-order valence-electron chi connectivity index (χ2n) is 5.17. The number of aliphatic imine (C=N–C) groups is 1. The van der Waals surface area contributed by atoms with Crippen LogP contribution in [-0.2, 0) is 4.79 Å². The molecule has 1 aromatic carbocycles. The van der Waals surface area contributed by atoms with Crippen molar-refractivity contribution in [2.75, 3.05) is 11.9 Å². The van der Waals surface area contributed by atoms with Gasteiger partial charge in [-0.1, -0.05) is 30.3 Å². The van der Waals surface area contributed by atoms with Crippen molar-refractivity contribution >= 4 is 17.6 Å².